The van der Waals surface area contributed by atoms with E-state index in [9.17, 15) is 10.1 Å². The fourth-order valence-electron chi connectivity index (χ4n) is 9.30. The third-order valence-corrected chi connectivity index (χ3v) is 13.4. The van der Waals surface area contributed by atoms with Crippen molar-refractivity contribution in [2.24, 2.45) is 5.73 Å². The van der Waals surface area contributed by atoms with Crippen molar-refractivity contribution in [1.29, 1.82) is 0 Å². The first kappa shape index (κ1) is 45.8. The Kier molecular flexibility index (Phi) is 11.1. The molecule has 0 radical (unpaired) electrons. The predicted octanol–water partition coefficient (Wildman–Crippen LogP) is 15.4. The first-order valence-corrected chi connectivity index (χ1v) is 23.5. The van der Waals surface area contributed by atoms with E-state index in [1.54, 1.807) is 0 Å². The largest absolute Gasteiger partial charge is 0.391 e. The number of hydrogen-bond acceptors (Lipinski definition) is 5. The van der Waals surface area contributed by atoms with Gasteiger partial charge < -0.3 is 15.7 Å². The Labute approximate surface area is 400 Å². The number of nitrogens with one attached hydrogen (secondary N) is 2. The van der Waals surface area contributed by atoms with Crippen molar-refractivity contribution in [2.75, 3.05) is 0 Å². The van der Waals surface area contributed by atoms with Crippen molar-refractivity contribution >= 4 is 45.6 Å². The van der Waals surface area contributed by atoms with Crippen LogP contribution < -0.4 is 5.73 Å². The average Bonchev–Trinajstić information content (AvgIpc) is 4.10. The highest BCUT2D eigenvalue weighted by Crippen LogP contribution is 2.43. The van der Waals surface area contributed by atoms with E-state index in [-0.39, 0.29) is 43.7 Å². The topological polar surface area (TPSA) is 127 Å². The molecule has 0 aliphatic carbocycles. The van der Waals surface area contributed by atoms with Crippen LogP contribution in [0, 0.1) is 10.1 Å². The number of hydrogen-bond donors (Lipinski definition) is 3. The third kappa shape index (κ3) is 8.49. The lowest BCUT2D eigenvalue weighted by Gasteiger charge is -2.19. The number of fused-ring (bicyclic) bond motifs is 8. The van der Waals surface area contributed by atoms with E-state index >= 15 is 0 Å². The summed E-state index contributed by atoms with van der Waals surface area (Å²) in [5, 5.41) is 13.5. The molecule has 0 fully saturated rings. The fraction of sp³-hybridized carbons (Fsp3) is 0.267. The molecule has 9 rings (SSSR count). The van der Waals surface area contributed by atoms with Gasteiger partial charge in [0.25, 0.3) is 0 Å². The fourth-order valence-corrected chi connectivity index (χ4v) is 9.30. The highest BCUT2D eigenvalue weighted by molar-refractivity contribution is 6.03. The molecule has 0 spiro atoms. The van der Waals surface area contributed by atoms with Gasteiger partial charge in [-0.3, -0.25) is 10.1 Å². The molecule has 5 heterocycles. The van der Waals surface area contributed by atoms with Gasteiger partial charge in [-0.2, -0.15) is 0 Å². The highest BCUT2D eigenvalue weighted by Gasteiger charge is 2.35. The molecule has 344 valence electrons. The van der Waals surface area contributed by atoms with E-state index in [0.717, 1.165) is 66.9 Å². The van der Waals surface area contributed by atoms with Crippen molar-refractivity contribution in [1.82, 2.24) is 19.9 Å². The van der Waals surface area contributed by atoms with Crippen molar-refractivity contribution in [2.45, 2.75) is 105 Å². The molecular weight excluding hydrogens is 837 g/mol. The number of nitro groups is 1. The molecule has 3 aromatic heterocycles. The van der Waals surface area contributed by atoms with Gasteiger partial charge in [-0.1, -0.05) is 180 Å². The Morgan fingerprint density at radius 2 is 0.691 bits per heavy atom. The van der Waals surface area contributed by atoms with Crippen molar-refractivity contribution in [3.8, 4) is 44.5 Å². The van der Waals surface area contributed by atoms with Crippen LogP contribution in [0.2, 0.25) is 0 Å². The van der Waals surface area contributed by atoms with Crippen LogP contribution >= 0.6 is 0 Å². The SMILES string of the molecule is CC(C)(C)c1ccc(-c2c3nc(c(-c4ccc(C(C)(C)C)cc4)c4ccc([nH]4)c(-c4ccc(C(C)(C)C)cc4)c4nc(c(-c5ccc(C(C)(C)C)cc5)c5ccc2[nH]5)C(N)=C4[N+](=O)[O-])C=C3)cc1. The summed E-state index contributed by atoms with van der Waals surface area (Å²) >= 11 is 0. The maximum atomic E-state index is 13.5. The first-order chi connectivity index (χ1) is 32.0. The van der Waals surface area contributed by atoms with Gasteiger partial charge >= 0.3 is 5.70 Å². The van der Waals surface area contributed by atoms with Crippen LogP contribution in [0.25, 0.3) is 90.1 Å². The standard InChI is InChI=1S/C60H62N6O2/c1-57(2,3)39-21-13-35(14-22-39)49-43-29-30-44(62-43)50(36-15-23-40(24-16-36)58(4,5)6)46-32-34-48(64-46)52(38-19-27-42(28-20-38)60(10,11)12)55-56(66(67)68)53(61)54(65-55)51(47-33-31-45(49)63-47)37-17-25-41(26-18-37)59(7,8)9/h13-34,63-64H,61H2,1-12H3. The summed E-state index contributed by atoms with van der Waals surface area (Å²) in [6, 6.07) is 42.1. The molecule has 0 amide bonds. The number of H-pyrrole nitrogens is 2. The van der Waals surface area contributed by atoms with E-state index in [4.69, 9.17) is 15.7 Å². The summed E-state index contributed by atoms with van der Waals surface area (Å²) < 4.78 is 0. The molecule has 0 saturated heterocycles. The van der Waals surface area contributed by atoms with Crippen molar-refractivity contribution in [3.63, 3.8) is 0 Å². The second-order valence-electron chi connectivity index (χ2n) is 22.4. The second-order valence-corrected chi connectivity index (χ2v) is 22.4. The number of aromatic nitrogens is 4. The number of aromatic amines is 2. The number of rotatable bonds is 5. The molecule has 7 aromatic rings. The Morgan fingerprint density at radius 3 is 0.985 bits per heavy atom. The van der Waals surface area contributed by atoms with Gasteiger partial charge in [0.2, 0.25) is 0 Å². The van der Waals surface area contributed by atoms with Crippen LogP contribution in [0.3, 0.4) is 0 Å². The molecule has 2 aliphatic heterocycles. The predicted molar refractivity (Wildman–Crippen MR) is 284 cm³/mol. The Hall–Kier alpha value is -7.32. The molecule has 0 saturated carbocycles. The molecular formula is C60H62N6O2. The lowest BCUT2D eigenvalue weighted by molar-refractivity contribution is -0.374. The number of nitrogens with two attached hydrogens (primary N) is 1. The zero-order chi connectivity index (χ0) is 48.7. The van der Waals surface area contributed by atoms with Crippen LogP contribution in [0.5, 0.6) is 0 Å². The van der Waals surface area contributed by atoms with Crippen LogP contribution in [-0.4, -0.2) is 24.9 Å². The van der Waals surface area contributed by atoms with Gasteiger partial charge in [0.15, 0.2) is 5.69 Å². The Bertz CT molecular complexity index is 3350. The van der Waals surface area contributed by atoms with E-state index in [1.165, 1.54) is 11.1 Å². The Balaban J connectivity index is 1.48. The van der Waals surface area contributed by atoms with Crippen molar-refractivity contribution in [3.05, 3.63) is 176 Å². The normalized spacial score (nSPS) is 13.4. The minimum Gasteiger partial charge on any atom is -0.391 e. The molecule has 4 aromatic carbocycles. The van der Waals surface area contributed by atoms with Crippen LogP contribution in [-0.2, 0) is 21.7 Å². The van der Waals surface area contributed by atoms with E-state index in [0.29, 0.717) is 27.9 Å². The lowest BCUT2D eigenvalue weighted by atomic mass is 9.86. The molecule has 8 nitrogen and oxygen atoms in total. The summed E-state index contributed by atoms with van der Waals surface area (Å²) in [6.45, 7) is 26.3. The van der Waals surface area contributed by atoms with E-state index in [1.807, 2.05) is 30.3 Å². The first-order valence-electron chi connectivity index (χ1n) is 23.5. The average molecular weight is 899 g/mol. The van der Waals surface area contributed by atoms with Gasteiger partial charge in [-0.15, -0.1) is 0 Å². The summed E-state index contributed by atoms with van der Waals surface area (Å²) in [5.41, 5.74) is 22.9. The van der Waals surface area contributed by atoms with E-state index < -0.39 is 0 Å². The van der Waals surface area contributed by atoms with E-state index in [2.05, 4.69) is 196 Å². The Morgan fingerprint density at radius 1 is 0.412 bits per heavy atom. The zero-order valence-corrected chi connectivity index (χ0v) is 41.4. The summed E-state index contributed by atoms with van der Waals surface area (Å²) in [7, 11) is 0. The molecule has 4 N–H and O–H groups in total. The molecule has 8 bridgehead atoms. The maximum absolute atomic E-state index is 13.5. The van der Waals surface area contributed by atoms with Gasteiger partial charge in [0.1, 0.15) is 11.4 Å². The van der Waals surface area contributed by atoms with Crippen LogP contribution in [0.15, 0.2) is 121 Å². The summed E-state index contributed by atoms with van der Waals surface area (Å²) in [5.74, 6) is 0. The summed E-state index contributed by atoms with van der Waals surface area (Å²) in [6.07, 6.45) is 4.19. The van der Waals surface area contributed by atoms with Crippen LogP contribution in [0.1, 0.15) is 128 Å². The quantitative estimate of drug-likeness (QED) is 0.117. The monoisotopic (exact) mass is 898 g/mol. The minimum atomic E-state index is -0.389. The minimum absolute atomic E-state index is 0.00830. The third-order valence-electron chi connectivity index (χ3n) is 13.4. The van der Waals surface area contributed by atoms with Gasteiger partial charge in [-0.05, 0) is 103 Å². The van der Waals surface area contributed by atoms with Gasteiger partial charge in [-0.25, -0.2) is 9.97 Å². The highest BCUT2D eigenvalue weighted by atomic mass is 16.6. The van der Waals surface area contributed by atoms with Crippen LogP contribution in [0.4, 0.5) is 0 Å². The maximum Gasteiger partial charge on any atom is 0.320 e. The molecule has 68 heavy (non-hydrogen) atoms. The number of benzene rings is 4. The second kappa shape index (κ2) is 16.5. The molecule has 8 heteroatoms. The zero-order valence-electron chi connectivity index (χ0n) is 41.4. The van der Waals surface area contributed by atoms with Crippen molar-refractivity contribution < 1.29 is 4.92 Å². The molecule has 0 atom stereocenters. The number of nitrogens with zero attached hydrogens (tertiary/aromatic N) is 3. The molecule has 0 unspecified atom stereocenters. The lowest BCUT2D eigenvalue weighted by Crippen LogP contribution is -2.10. The summed E-state index contributed by atoms with van der Waals surface area (Å²) in [4.78, 5) is 31.5. The van der Waals surface area contributed by atoms with Gasteiger partial charge in [0.05, 0.1) is 16.3 Å². The van der Waals surface area contributed by atoms with Gasteiger partial charge in [0, 0.05) is 44.3 Å². The smallest absolute Gasteiger partial charge is 0.320 e. The molecule has 2 aliphatic rings.